The highest BCUT2D eigenvalue weighted by atomic mass is 32.2. The van der Waals surface area contributed by atoms with Gasteiger partial charge in [0.1, 0.15) is 11.9 Å². The molecule has 7 heteroatoms. The number of nitrogens with two attached hydrogens (primary N) is 1. The molecule has 18 heavy (non-hydrogen) atoms. The Kier molecular flexibility index (Phi) is 3.91. The lowest BCUT2D eigenvalue weighted by Gasteiger charge is -2.26. The molecule has 1 heterocycles. The predicted octanol–water partition coefficient (Wildman–Crippen LogP) is 0.578. The third-order valence-electron chi connectivity index (χ3n) is 3.07. The lowest BCUT2D eigenvalue weighted by molar-refractivity contribution is -0.149. The highest BCUT2D eigenvalue weighted by Gasteiger charge is 2.49. The zero-order valence-corrected chi connectivity index (χ0v) is 11.4. The first-order chi connectivity index (χ1) is 8.58. The van der Waals surface area contributed by atoms with E-state index in [1.807, 2.05) is 11.6 Å². The van der Waals surface area contributed by atoms with E-state index in [1.165, 1.54) is 11.8 Å². The maximum atomic E-state index is 12.0. The average molecular weight is 270 g/mol. The van der Waals surface area contributed by atoms with Crippen molar-refractivity contribution in [1.82, 2.24) is 14.8 Å². The monoisotopic (exact) mass is 270 g/mol. The second kappa shape index (κ2) is 5.27. The highest BCUT2D eigenvalue weighted by molar-refractivity contribution is 7.99. The number of aromatic nitrogens is 3. The molecule has 0 radical (unpaired) electrons. The van der Waals surface area contributed by atoms with E-state index >= 15 is 0 Å². The molecule has 2 rings (SSSR count). The van der Waals surface area contributed by atoms with Crippen molar-refractivity contribution < 1.29 is 9.53 Å². The summed E-state index contributed by atoms with van der Waals surface area (Å²) in [4.78, 5) is 12.0. The van der Waals surface area contributed by atoms with Crippen LogP contribution in [0.5, 0.6) is 0 Å². The van der Waals surface area contributed by atoms with Crippen molar-refractivity contribution in [2.75, 3.05) is 12.4 Å². The van der Waals surface area contributed by atoms with Crippen LogP contribution in [0.25, 0.3) is 0 Å². The van der Waals surface area contributed by atoms with Crippen LogP contribution in [0.4, 0.5) is 0 Å². The number of hydrogen-bond acceptors (Lipinski definition) is 6. The van der Waals surface area contributed by atoms with E-state index in [0.717, 1.165) is 18.0 Å². The average Bonchev–Trinajstić information content (AvgIpc) is 3.11. The minimum atomic E-state index is -0.896. The van der Waals surface area contributed by atoms with E-state index in [2.05, 4.69) is 10.2 Å². The van der Waals surface area contributed by atoms with E-state index < -0.39 is 5.54 Å². The van der Waals surface area contributed by atoms with Crippen molar-refractivity contribution in [2.24, 2.45) is 18.7 Å². The molecule has 1 aromatic heterocycles. The molecule has 0 amide bonds. The van der Waals surface area contributed by atoms with Crippen molar-refractivity contribution in [3.8, 4) is 0 Å². The maximum Gasteiger partial charge on any atom is 0.327 e. The van der Waals surface area contributed by atoms with Gasteiger partial charge in [0.05, 0.1) is 6.61 Å². The van der Waals surface area contributed by atoms with E-state index in [1.54, 1.807) is 13.3 Å². The number of thioether (sulfide) groups is 1. The van der Waals surface area contributed by atoms with Crippen molar-refractivity contribution in [3.05, 3.63) is 6.33 Å². The van der Waals surface area contributed by atoms with Crippen molar-refractivity contribution in [3.63, 3.8) is 0 Å². The smallest absolute Gasteiger partial charge is 0.327 e. The molecule has 2 N–H and O–H groups in total. The van der Waals surface area contributed by atoms with Crippen LogP contribution in [0.3, 0.4) is 0 Å². The maximum absolute atomic E-state index is 12.0. The second-order valence-corrected chi connectivity index (χ2v) is 5.49. The Bertz CT molecular complexity index is 432. The summed E-state index contributed by atoms with van der Waals surface area (Å²) in [6, 6.07) is 0. The van der Waals surface area contributed by atoms with Crippen molar-refractivity contribution in [1.29, 1.82) is 0 Å². The molecule has 6 nitrogen and oxygen atoms in total. The molecule has 1 atom stereocenters. The number of hydrogen-bond donors (Lipinski definition) is 1. The largest absolute Gasteiger partial charge is 0.465 e. The standard InChI is InChI=1S/C11H18N4O2S/c1-3-17-9(16)11(12,8-4-5-8)6-18-10-14-13-7-15(10)2/h7-8H,3-6,12H2,1-2H3. The first-order valence-corrected chi connectivity index (χ1v) is 6.99. The summed E-state index contributed by atoms with van der Waals surface area (Å²) in [5.74, 6) is 0.405. The fraction of sp³-hybridized carbons (Fsp3) is 0.727. The summed E-state index contributed by atoms with van der Waals surface area (Å²) in [6.07, 6.45) is 3.62. The molecule has 0 spiro atoms. The zero-order chi connectivity index (χ0) is 13.2. The molecule has 0 saturated heterocycles. The molecule has 100 valence electrons. The van der Waals surface area contributed by atoms with Gasteiger partial charge in [-0.25, -0.2) is 0 Å². The first kappa shape index (κ1) is 13.4. The summed E-state index contributed by atoms with van der Waals surface area (Å²) in [5.41, 5.74) is 5.35. The molecular weight excluding hydrogens is 252 g/mol. The molecule has 1 aliphatic rings. The Labute approximate surface area is 110 Å². The molecule has 1 unspecified atom stereocenters. The summed E-state index contributed by atoms with van der Waals surface area (Å²) < 4.78 is 6.90. The van der Waals surface area contributed by atoms with Gasteiger partial charge in [-0.2, -0.15) is 0 Å². The molecule has 1 saturated carbocycles. The fourth-order valence-corrected chi connectivity index (χ4v) is 2.87. The summed E-state index contributed by atoms with van der Waals surface area (Å²) in [5, 5.41) is 8.53. The number of rotatable bonds is 6. The van der Waals surface area contributed by atoms with E-state index in [9.17, 15) is 4.79 Å². The van der Waals surface area contributed by atoms with E-state index in [-0.39, 0.29) is 11.9 Å². The Morgan fingerprint density at radius 3 is 2.94 bits per heavy atom. The SMILES string of the molecule is CCOC(=O)C(N)(CSc1nncn1C)C1CC1. The van der Waals surface area contributed by atoms with Gasteiger partial charge in [0.2, 0.25) is 0 Å². The topological polar surface area (TPSA) is 83.0 Å². The Morgan fingerprint density at radius 2 is 2.44 bits per heavy atom. The van der Waals surface area contributed by atoms with Gasteiger partial charge in [0.15, 0.2) is 5.16 Å². The first-order valence-electron chi connectivity index (χ1n) is 6.01. The molecule has 1 aromatic rings. The normalized spacial score (nSPS) is 18.4. The highest BCUT2D eigenvalue weighted by Crippen LogP contribution is 2.41. The van der Waals surface area contributed by atoms with E-state index in [0.29, 0.717) is 12.4 Å². The van der Waals surface area contributed by atoms with Gasteiger partial charge >= 0.3 is 5.97 Å². The van der Waals surface area contributed by atoms with Gasteiger partial charge in [-0.05, 0) is 25.7 Å². The minimum Gasteiger partial charge on any atom is -0.465 e. The van der Waals surface area contributed by atoms with Gasteiger partial charge < -0.3 is 15.0 Å². The van der Waals surface area contributed by atoms with Gasteiger partial charge in [-0.15, -0.1) is 10.2 Å². The number of ether oxygens (including phenoxy) is 1. The number of carbonyl (C=O) groups excluding carboxylic acids is 1. The van der Waals surface area contributed by atoms with E-state index in [4.69, 9.17) is 10.5 Å². The van der Waals surface area contributed by atoms with Gasteiger partial charge in [-0.3, -0.25) is 4.79 Å². The molecule has 1 aliphatic carbocycles. The van der Waals surface area contributed by atoms with Crippen LogP contribution in [0.1, 0.15) is 19.8 Å². The number of aryl methyl sites for hydroxylation is 1. The quantitative estimate of drug-likeness (QED) is 0.601. The van der Waals surface area contributed by atoms with Crippen LogP contribution in [0, 0.1) is 5.92 Å². The van der Waals surface area contributed by atoms with Gasteiger partial charge in [-0.1, -0.05) is 11.8 Å². The number of carbonyl (C=O) groups is 1. The molecule has 0 bridgehead atoms. The zero-order valence-electron chi connectivity index (χ0n) is 10.6. The lowest BCUT2D eigenvalue weighted by atomic mass is 9.97. The van der Waals surface area contributed by atoms with Crippen molar-refractivity contribution >= 4 is 17.7 Å². The molecule has 0 aromatic carbocycles. The van der Waals surface area contributed by atoms with Crippen LogP contribution < -0.4 is 5.73 Å². The van der Waals surface area contributed by atoms with Crippen molar-refractivity contribution in [2.45, 2.75) is 30.5 Å². The molecular formula is C11H18N4O2S. The Morgan fingerprint density at radius 1 is 1.72 bits per heavy atom. The Balaban J connectivity index is 2.02. The minimum absolute atomic E-state index is 0.234. The lowest BCUT2D eigenvalue weighted by Crippen LogP contribution is -2.53. The molecule has 1 fully saturated rings. The number of nitrogens with zero attached hydrogens (tertiary/aromatic N) is 3. The Hall–Kier alpha value is -1.08. The van der Waals surface area contributed by atoms with Gasteiger partial charge in [0.25, 0.3) is 0 Å². The summed E-state index contributed by atoms with van der Waals surface area (Å²) in [6.45, 7) is 2.15. The fourth-order valence-electron chi connectivity index (χ4n) is 1.79. The van der Waals surface area contributed by atoms with Gasteiger partial charge in [0, 0.05) is 12.8 Å². The second-order valence-electron chi connectivity index (χ2n) is 4.55. The van der Waals surface area contributed by atoms with Crippen LogP contribution in [-0.4, -0.2) is 38.6 Å². The predicted molar refractivity (Wildman–Crippen MR) is 68.0 cm³/mol. The molecule has 0 aliphatic heterocycles. The van der Waals surface area contributed by atoms with Crippen LogP contribution >= 0.6 is 11.8 Å². The van der Waals surface area contributed by atoms with Crippen LogP contribution in [0.2, 0.25) is 0 Å². The third-order valence-corrected chi connectivity index (χ3v) is 4.32. The third kappa shape index (κ3) is 2.67. The summed E-state index contributed by atoms with van der Waals surface area (Å²) in [7, 11) is 1.86. The summed E-state index contributed by atoms with van der Waals surface area (Å²) >= 11 is 1.45. The number of esters is 1. The van der Waals surface area contributed by atoms with Crippen LogP contribution in [-0.2, 0) is 16.6 Å². The van der Waals surface area contributed by atoms with Crippen LogP contribution in [0.15, 0.2) is 11.5 Å².